The summed E-state index contributed by atoms with van der Waals surface area (Å²) in [6, 6.07) is 9.24. The average molecular weight is 337 g/mol. The molecular weight excluding hydrogens is 308 g/mol. The van der Waals surface area contributed by atoms with Gasteiger partial charge in [0, 0.05) is 25.6 Å². The minimum absolute atomic E-state index is 0. The van der Waals surface area contributed by atoms with Gasteiger partial charge in [-0.1, -0.05) is 29.8 Å². The van der Waals surface area contributed by atoms with Crippen LogP contribution < -0.4 is 5.32 Å². The van der Waals surface area contributed by atoms with E-state index in [9.17, 15) is 4.79 Å². The largest absolute Gasteiger partial charge is 0.343 e. The Morgan fingerprint density at radius 2 is 1.87 bits per heavy atom. The molecule has 0 saturated carbocycles. The van der Waals surface area contributed by atoms with Crippen molar-refractivity contribution in [3.8, 4) is 0 Å². The first-order valence-corrected chi connectivity index (χ1v) is 8.79. The Hall–Kier alpha value is -1.06. The molecule has 2 fully saturated rings. The number of amides is 1. The number of benzene rings is 1. The molecule has 1 atom stereocenters. The monoisotopic (exact) mass is 336 g/mol. The van der Waals surface area contributed by atoms with Gasteiger partial charge < -0.3 is 10.2 Å². The second kappa shape index (κ2) is 8.70. The second-order valence-electron chi connectivity index (χ2n) is 6.91. The van der Waals surface area contributed by atoms with Gasteiger partial charge in [0.2, 0.25) is 5.91 Å². The van der Waals surface area contributed by atoms with E-state index in [1.807, 2.05) is 0 Å². The normalized spacial score (nSPS) is 22.0. The minimum Gasteiger partial charge on any atom is -0.343 e. The van der Waals surface area contributed by atoms with Crippen molar-refractivity contribution in [1.29, 1.82) is 0 Å². The maximum absolute atomic E-state index is 12.4. The first-order valence-electron chi connectivity index (χ1n) is 8.79. The van der Waals surface area contributed by atoms with Crippen molar-refractivity contribution >= 4 is 18.3 Å². The number of nitrogens with zero attached hydrogens (tertiary/aromatic N) is 1. The molecule has 128 valence electrons. The van der Waals surface area contributed by atoms with Gasteiger partial charge in [0.1, 0.15) is 0 Å². The molecule has 2 aliphatic heterocycles. The molecule has 4 heteroatoms. The number of aryl methyl sites for hydroxylation is 2. The molecule has 2 aliphatic rings. The van der Waals surface area contributed by atoms with Gasteiger partial charge >= 0.3 is 0 Å². The van der Waals surface area contributed by atoms with Crippen LogP contribution in [0.25, 0.3) is 0 Å². The third-order valence-corrected chi connectivity index (χ3v) is 5.31. The third-order valence-electron chi connectivity index (χ3n) is 5.31. The van der Waals surface area contributed by atoms with Crippen LogP contribution in [0.15, 0.2) is 24.3 Å². The van der Waals surface area contributed by atoms with E-state index in [4.69, 9.17) is 0 Å². The van der Waals surface area contributed by atoms with E-state index in [0.717, 1.165) is 25.4 Å². The summed E-state index contributed by atoms with van der Waals surface area (Å²) in [5.74, 6) is 1.11. The van der Waals surface area contributed by atoms with Crippen LogP contribution in [0.3, 0.4) is 0 Å². The van der Waals surface area contributed by atoms with Crippen LogP contribution in [-0.2, 0) is 11.2 Å². The van der Waals surface area contributed by atoms with Gasteiger partial charge in [0.05, 0.1) is 0 Å². The summed E-state index contributed by atoms with van der Waals surface area (Å²) in [5, 5.41) is 3.62. The molecule has 3 nitrogen and oxygen atoms in total. The Balaban J connectivity index is 0.00000192. The number of piperidine rings is 1. The van der Waals surface area contributed by atoms with Crippen LogP contribution in [0, 0.1) is 12.8 Å². The molecule has 23 heavy (non-hydrogen) atoms. The first kappa shape index (κ1) is 18.3. The summed E-state index contributed by atoms with van der Waals surface area (Å²) in [4.78, 5) is 14.5. The number of likely N-dealkylation sites (tertiary alicyclic amines) is 1. The number of hydrogen-bond acceptors (Lipinski definition) is 2. The van der Waals surface area contributed by atoms with Gasteiger partial charge in [-0.05, 0) is 57.1 Å². The number of hydrogen-bond donors (Lipinski definition) is 1. The fourth-order valence-corrected chi connectivity index (χ4v) is 3.83. The molecule has 1 amide bonds. The van der Waals surface area contributed by atoms with Crippen molar-refractivity contribution < 1.29 is 4.79 Å². The highest BCUT2D eigenvalue weighted by Gasteiger charge is 2.29. The van der Waals surface area contributed by atoms with Crippen molar-refractivity contribution in [3.05, 3.63) is 35.4 Å². The van der Waals surface area contributed by atoms with Gasteiger partial charge in [0.15, 0.2) is 0 Å². The molecule has 3 rings (SSSR count). The summed E-state index contributed by atoms with van der Waals surface area (Å²) < 4.78 is 0. The summed E-state index contributed by atoms with van der Waals surface area (Å²) in [6.07, 6.45) is 6.51. The Kier molecular flexibility index (Phi) is 6.91. The van der Waals surface area contributed by atoms with Crippen LogP contribution in [-0.4, -0.2) is 36.5 Å². The van der Waals surface area contributed by atoms with Crippen LogP contribution in [0.1, 0.15) is 43.2 Å². The topological polar surface area (TPSA) is 32.3 Å². The number of rotatable bonds is 4. The van der Waals surface area contributed by atoms with Crippen molar-refractivity contribution in [2.75, 3.05) is 19.6 Å². The van der Waals surface area contributed by atoms with Crippen LogP contribution in [0.4, 0.5) is 0 Å². The smallest absolute Gasteiger partial charge is 0.222 e. The molecule has 1 N–H and O–H groups in total. The van der Waals surface area contributed by atoms with Crippen molar-refractivity contribution in [1.82, 2.24) is 10.2 Å². The van der Waals surface area contributed by atoms with Crippen LogP contribution in [0.2, 0.25) is 0 Å². The molecule has 2 heterocycles. The zero-order valence-corrected chi connectivity index (χ0v) is 14.9. The molecule has 0 spiro atoms. The molecule has 0 aromatic heterocycles. The zero-order valence-electron chi connectivity index (χ0n) is 14.1. The highest BCUT2D eigenvalue weighted by molar-refractivity contribution is 5.85. The highest BCUT2D eigenvalue weighted by atomic mass is 35.5. The molecule has 1 unspecified atom stereocenters. The quantitative estimate of drug-likeness (QED) is 0.914. The third kappa shape index (κ3) is 4.95. The molecule has 0 aliphatic carbocycles. The highest BCUT2D eigenvalue weighted by Crippen LogP contribution is 2.26. The van der Waals surface area contributed by atoms with Crippen LogP contribution in [0.5, 0.6) is 0 Å². The summed E-state index contributed by atoms with van der Waals surface area (Å²) in [5.41, 5.74) is 2.54. The molecule has 2 saturated heterocycles. The summed E-state index contributed by atoms with van der Waals surface area (Å²) in [6.45, 7) is 5.18. The predicted octanol–water partition coefficient (Wildman–Crippen LogP) is 3.34. The van der Waals surface area contributed by atoms with E-state index in [0.29, 0.717) is 18.4 Å². The predicted molar refractivity (Wildman–Crippen MR) is 97.1 cm³/mol. The Labute approximate surface area is 146 Å². The Bertz CT molecular complexity index is 489. The molecular formula is C19H29ClN2O. The summed E-state index contributed by atoms with van der Waals surface area (Å²) in [7, 11) is 0. The fourth-order valence-electron chi connectivity index (χ4n) is 3.83. The molecule has 0 radical (unpaired) electrons. The van der Waals surface area contributed by atoms with E-state index >= 15 is 0 Å². The minimum atomic E-state index is 0. The first-order chi connectivity index (χ1) is 10.7. The lowest BCUT2D eigenvalue weighted by Crippen LogP contribution is -2.43. The van der Waals surface area contributed by atoms with Crippen molar-refractivity contribution in [2.24, 2.45) is 5.92 Å². The van der Waals surface area contributed by atoms with Gasteiger partial charge in [0.25, 0.3) is 0 Å². The molecule has 0 bridgehead atoms. The maximum Gasteiger partial charge on any atom is 0.222 e. The number of carbonyl (C=O) groups is 1. The zero-order chi connectivity index (χ0) is 15.4. The second-order valence-corrected chi connectivity index (χ2v) is 6.91. The molecule has 1 aromatic carbocycles. The van der Waals surface area contributed by atoms with Gasteiger partial charge in [-0.25, -0.2) is 0 Å². The molecule has 1 aromatic rings. The number of carbonyl (C=O) groups excluding carboxylic acids is 1. The standard InChI is InChI=1S/C19H28N2O.ClH/c1-15-4-6-16(7-5-15)8-9-19(22)21-13-10-17(11-14-21)18-3-2-12-20-18;/h4-7,17-18,20H,2-3,8-14H2,1H3;1H. The SMILES string of the molecule is Cc1ccc(CCC(=O)N2CCC(C3CCCN3)CC2)cc1.Cl. The van der Waals surface area contributed by atoms with E-state index in [2.05, 4.69) is 41.4 Å². The fraction of sp³-hybridized carbons (Fsp3) is 0.632. The van der Waals surface area contributed by atoms with Gasteiger partial charge in [-0.2, -0.15) is 0 Å². The van der Waals surface area contributed by atoms with E-state index in [1.54, 1.807) is 0 Å². The van der Waals surface area contributed by atoms with Crippen molar-refractivity contribution in [3.63, 3.8) is 0 Å². The lowest BCUT2D eigenvalue weighted by Gasteiger charge is -2.35. The maximum atomic E-state index is 12.4. The Morgan fingerprint density at radius 3 is 2.48 bits per heavy atom. The van der Waals surface area contributed by atoms with Crippen LogP contribution >= 0.6 is 12.4 Å². The summed E-state index contributed by atoms with van der Waals surface area (Å²) >= 11 is 0. The Morgan fingerprint density at radius 1 is 1.17 bits per heavy atom. The number of nitrogens with one attached hydrogen (secondary N) is 1. The van der Waals surface area contributed by atoms with Gasteiger partial charge in [-0.15, -0.1) is 12.4 Å². The average Bonchev–Trinajstić information content (AvgIpc) is 3.09. The van der Waals surface area contributed by atoms with E-state index in [1.165, 1.54) is 43.4 Å². The lowest BCUT2D eigenvalue weighted by atomic mass is 9.88. The number of halogens is 1. The lowest BCUT2D eigenvalue weighted by molar-refractivity contribution is -0.132. The van der Waals surface area contributed by atoms with E-state index in [-0.39, 0.29) is 12.4 Å². The van der Waals surface area contributed by atoms with Crippen molar-refractivity contribution in [2.45, 2.75) is 51.5 Å². The van der Waals surface area contributed by atoms with Gasteiger partial charge in [-0.3, -0.25) is 4.79 Å². The van der Waals surface area contributed by atoms with E-state index < -0.39 is 0 Å².